The fourth-order valence-corrected chi connectivity index (χ4v) is 4.29. The molecule has 1 fully saturated rings. The average Bonchev–Trinajstić information content (AvgIpc) is 3.30. The van der Waals surface area contributed by atoms with Gasteiger partial charge >= 0.3 is 13.5 Å². The van der Waals surface area contributed by atoms with Crippen LogP contribution in [0.4, 0.5) is 5.95 Å². The van der Waals surface area contributed by atoms with E-state index in [0.29, 0.717) is 10.8 Å². The number of imidazole rings is 1. The smallest absolute Gasteiger partial charge is 0.469 e. The maximum atomic E-state index is 12.7. The number of aromatic amines is 1. The molecule has 0 bridgehead atoms. The van der Waals surface area contributed by atoms with Crippen LogP contribution in [0.3, 0.4) is 0 Å². The Morgan fingerprint density at radius 1 is 1.34 bits per heavy atom. The van der Waals surface area contributed by atoms with Gasteiger partial charge in [0.1, 0.15) is 37.2 Å². The van der Waals surface area contributed by atoms with Crippen LogP contribution in [0.25, 0.3) is 11.2 Å². The number of aliphatic hydroxyl groups is 1. The molecule has 1 aliphatic rings. The Morgan fingerprint density at radius 3 is 2.71 bits per heavy atom. The topological polar surface area (TPSA) is 195 Å². The Morgan fingerprint density at radius 2 is 2.06 bits per heavy atom. The van der Waals surface area contributed by atoms with Gasteiger partial charge in [0.25, 0.3) is 11.5 Å². The van der Waals surface area contributed by atoms with Gasteiger partial charge < -0.3 is 34.8 Å². The van der Waals surface area contributed by atoms with Crippen molar-refractivity contribution in [3.05, 3.63) is 46.0 Å². The molecule has 6 N–H and O–H groups in total. The number of benzene rings is 1. The van der Waals surface area contributed by atoms with E-state index in [1.165, 1.54) is 18.0 Å². The van der Waals surface area contributed by atoms with Gasteiger partial charge in [0.15, 0.2) is 6.33 Å². The first kappa shape index (κ1) is 25.5. The van der Waals surface area contributed by atoms with Crippen molar-refractivity contribution in [3.8, 4) is 5.75 Å². The number of halogens is 1. The molecule has 1 aliphatic heterocycles. The first-order valence-electron chi connectivity index (χ1n) is 10.3. The van der Waals surface area contributed by atoms with Gasteiger partial charge in [-0.3, -0.25) is 18.9 Å². The summed E-state index contributed by atoms with van der Waals surface area (Å²) in [6, 6.07) is 6.80. The largest absolute Gasteiger partial charge is 0.490 e. The molecule has 35 heavy (non-hydrogen) atoms. The molecular weight excluding hydrogens is 509 g/mol. The average molecular weight is 533 g/mol. The highest BCUT2D eigenvalue weighted by Crippen LogP contribution is 2.38. The number of hydrogen-bond acceptors (Lipinski definition) is 9. The maximum absolute atomic E-state index is 12.7. The van der Waals surface area contributed by atoms with Crippen LogP contribution in [0.1, 0.15) is 6.23 Å². The lowest BCUT2D eigenvalue weighted by Crippen LogP contribution is -2.47. The zero-order valence-corrected chi connectivity index (χ0v) is 20.0. The molecule has 16 heteroatoms. The number of anilines is 1. The number of nitrogens with one attached hydrogen (secondary N) is 1. The molecule has 3 heterocycles. The molecule has 0 saturated carbocycles. The molecule has 4 atom stereocenters. The molecule has 0 amide bonds. The number of phosphoric acid groups is 1. The lowest BCUT2D eigenvalue weighted by Gasteiger charge is -2.17. The lowest BCUT2D eigenvalue weighted by atomic mass is 10.1. The fourth-order valence-electron chi connectivity index (χ4n) is 3.83. The number of methoxy groups -OCH3 is 1. The molecule has 1 saturated heterocycles. The van der Waals surface area contributed by atoms with Crippen LogP contribution >= 0.6 is 19.4 Å². The molecule has 190 valence electrons. The highest BCUT2D eigenvalue weighted by atomic mass is 35.5. The number of nitrogens with two attached hydrogens (primary N) is 1. The molecule has 0 aliphatic carbocycles. The number of aliphatic hydroxyl groups excluding tert-OH is 1. The van der Waals surface area contributed by atoms with E-state index in [4.69, 9.17) is 41.3 Å². The number of ether oxygens (including phenoxy) is 3. The van der Waals surface area contributed by atoms with Gasteiger partial charge in [-0.1, -0.05) is 16.6 Å². The Hall–Kier alpha value is -2.55. The maximum Gasteiger partial charge on any atom is 0.469 e. The molecule has 0 spiro atoms. The van der Waals surface area contributed by atoms with Crippen LogP contribution in [-0.2, 0) is 25.1 Å². The highest BCUT2D eigenvalue weighted by molar-refractivity contribution is 7.46. The number of nitrogens with zero attached hydrogens (tertiary/aromatic N) is 3. The van der Waals surface area contributed by atoms with E-state index in [1.807, 2.05) is 0 Å². The van der Waals surface area contributed by atoms with Gasteiger partial charge in [-0.25, -0.2) is 9.13 Å². The van der Waals surface area contributed by atoms with E-state index in [-0.39, 0.29) is 30.3 Å². The van der Waals surface area contributed by atoms with Gasteiger partial charge in [-0.2, -0.15) is 0 Å². The van der Waals surface area contributed by atoms with Gasteiger partial charge in [0.2, 0.25) is 11.7 Å². The van der Waals surface area contributed by atoms with Gasteiger partial charge in [0.05, 0.1) is 6.61 Å². The minimum absolute atomic E-state index is 0.139. The number of H-pyrrole nitrogens is 1. The van der Waals surface area contributed by atoms with Crippen LogP contribution in [0.2, 0.25) is 5.02 Å². The molecular formula is C19H24ClN5O9P+. The normalized spacial score (nSPS) is 22.7. The van der Waals surface area contributed by atoms with E-state index in [9.17, 15) is 14.5 Å². The predicted molar refractivity (Wildman–Crippen MR) is 121 cm³/mol. The number of fused-ring (bicyclic) bond motifs is 1. The number of aromatic nitrogens is 4. The zero-order chi connectivity index (χ0) is 25.3. The summed E-state index contributed by atoms with van der Waals surface area (Å²) >= 11 is 5.88. The van der Waals surface area contributed by atoms with Crippen LogP contribution in [0.15, 0.2) is 35.4 Å². The van der Waals surface area contributed by atoms with Gasteiger partial charge in [-0.15, -0.1) is 0 Å². The van der Waals surface area contributed by atoms with Crippen molar-refractivity contribution in [3.63, 3.8) is 0 Å². The molecule has 3 aromatic rings. The van der Waals surface area contributed by atoms with Crippen molar-refractivity contribution in [1.29, 1.82) is 0 Å². The minimum atomic E-state index is -4.79. The SMILES string of the molecule is CO[C@@H]1[C@H](O)[C@@H](COP(=O)(O)O)O[C@H]1[n+]1cn(CCOc2ccc(Cl)cc2)c2c(=O)[nH]c(N)nc21. The Bertz CT molecular complexity index is 1290. The number of phosphoric ester groups is 1. The van der Waals surface area contributed by atoms with E-state index in [0.717, 1.165) is 0 Å². The second kappa shape index (κ2) is 10.2. The molecule has 0 radical (unpaired) electrons. The van der Waals surface area contributed by atoms with Gasteiger partial charge in [0, 0.05) is 12.1 Å². The summed E-state index contributed by atoms with van der Waals surface area (Å²) in [7, 11) is -3.45. The fraction of sp³-hybridized carbons (Fsp3) is 0.421. The molecule has 4 rings (SSSR count). The van der Waals surface area contributed by atoms with Gasteiger partial charge in [-0.05, 0) is 24.3 Å². The second-order valence-corrected chi connectivity index (χ2v) is 9.36. The Labute approximate surface area is 203 Å². The first-order valence-corrected chi connectivity index (χ1v) is 12.2. The summed E-state index contributed by atoms with van der Waals surface area (Å²) in [5.41, 5.74) is 5.56. The van der Waals surface area contributed by atoms with E-state index >= 15 is 0 Å². The van der Waals surface area contributed by atoms with E-state index in [2.05, 4.69) is 14.5 Å². The Kier molecular flexibility index (Phi) is 7.45. The van der Waals surface area contributed by atoms with Crippen molar-refractivity contribution < 1.29 is 42.8 Å². The summed E-state index contributed by atoms with van der Waals surface area (Å²) in [4.78, 5) is 37.4. The highest BCUT2D eigenvalue weighted by Gasteiger charge is 2.49. The number of nitrogen functional groups attached to an aromatic ring is 1. The molecule has 14 nitrogen and oxygen atoms in total. The molecule has 0 unspecified atom stereocenters. The van der Waals surface area contributed by atoms with Crippen LogP contribution in [0, 0.1) is 0 Å². The van der Waals surface area contributed by atoms with Crippen molar-refractivity contribution in [2.24, 2.45) is 0 Å². The summed E-state index contributed by atoms with van der Waals surface area (Å²) in [6.45, 7) is -0.166. The first-order chi connectivity index (χ1) is 16.6. The number of rotatable bonds is 9. The summed E-state index contributed by atoms with van der Waals surface area (Å²) in [5, 5.41) is 11.2. The second-order valence-electron chi connectivity index (χ2n) is 7.68. The predicted octanol–water partition coefficient (Wildman–Crippen LogP) is -0.291. The monoisotopic (exact) mass is 532 g/mol. The van der Waals surface area contributed by atoms with E-state index < -0.39 is 44.5 Å². The summed E-state index contributed by atoms with van der Waals surface area (Å²) in [5.74, 6) is 0.449. The standard InChI is InChI=1S/C19H23ClN5O9P/c1-31-15-14(26)12(8-33-35(28,29)30)34-18(15)25-9-24(13-16(25)22-19(21)23-17(13)27)6-7-32-11-4-2-10(20)3-5-11/h2-5,9,12,14-15,18,26H,6-8H2,1H3,(H4-,21,22,23,27,28,29,30)/p+1/t12-,14-,15-,18-/m1/s1. The summed E-state index contributed by atoms with van der Waals surface area (Å²) in [6.07, 6.45) is -2.88. The van der Waals surface area contributed by atoms with Crippen molar-refractivity contribution in [1.82, 2.24) is 14.5 Å². The molecule has 1 aromatic carbocycles. The third-order valence-corrected chi connectivity index (χ3v) is 6.11. The Balaban J connectivity index is 1.63. The van der Waals surface area contributed by atoms with Crippen LogP contribution in [-0.4, -0.2) is 68.1 Å². The van der Waals surface area contributed by atoms with Crippen LogP contribution < -0.4 is 20.6 Å². The van der Waals surface area contributed by atoms with Crippen molar-refractivity contribution in [2.45, 2.75) is 31.1 Å². The molecule has 2 aromatic heterocycles. The third-order valence-electron chi connectivity index (χ3n) is 5.37. The zero-order valence-electron chi connectivity index (χ0n) is 18.4. The minimum Gasteiger partial charge on any atom is -0.490 e. The van der Waals surface area contributed by atoms with Crippen molar-refractivity contribution >= 4 is 36.5 Å². The number of hydrogen-bond donors (Lipinski definition) is 5. The lowest BCUT2D eigenvalue weighted by molar-refractivity contribution is -0.746. The summed E-state index contributed by atoms with van der Waals surface area (Å²) < 4.78 is 35.5. The van der Waals surface area contributed by atoms with E-state index in [1.54, 1.807) is 28.8 Å². The third kappa shape index (κ3) is 5.66. The quantitative estimate of drug-likeness (QED) is 0.179. The van der Waals surface area contributed by atoms with Crippen molar-refractivity contribution in [2.75, 3.05) is 26.1 Å². The van der Waals surface area contributed by atoms with Crippen LogP contribution in [0.5, 0.6) is 5.75 Å².